The van der Waals surface area contributed by atoms with Gasteiger partial charge >= 0.3 is 0 Å². The first-order valence-electron chi connectivity index (χ1n) is 7.74. The molecular weight excluding hydrogens is 275 g/mol. The number of aromatic nitrogens is 1. The fraction of sp³-hybridized carbons (Fsp3) is 0.263. The lowest BCUT2D eigenvalue weighted by Crippen LogP contribution is -2.25. The Labute approximate surface area is 130 Å². The van der Waals surface area contributed by atoms with E-state index in [-0.39, 0.29) is 5.82 Å². The fourth-order valence-corrected chi connectivity index (χ4v) is 2.84. The monoisotopic (exact) mass is 296 g/mol. The number of para-hydroxylation sites is 1. The number of rotatable bonds is 5. The Morgan fingerprint density at radius 1 is 1.09 bits per heavy atom. The van der Waals surface area contributed by atoms with Crippen LogP contribution >= 0.6 is 0 Å². The van der Waals surface area contributed by atoms with Crippen molar-refractivity contribution in [2.24, 2.45) is 0 Å². The third kappa shape index (κ3) is 3.04. The molecule has 0 fully saturated rings. The van der Waals surface area contributed by atoms with Crippen molar-refractivity contribution < 1.29 is 4.39 Å². The van der Waals surface area contributed by atoms with Crippen molar-refractivity contribution in [3.63, 3.8) is 0 Å². The highest BCUT2D eigenvalue weighted by molar-refractivity contribution is 5.90. The predicted molar refractivity (Wildman–Crippen MR) is 90.5 cm³/mol. The zero-order valence-corrected chi connectivity index (χ0v) is 13.0. The van der Waals surface area contributed by atoms with Gasteiger partial charge < -0.3 is 10.3 Å². The van der Waals surface area contributed by atoms with Crippen LogP contribution in [0.1, 0.15) is 19.4 Å². The molecule has 0 unspecified atom stereocenters. The highest BCUT2D eigenvalue weighted by Crippen LogP contribution is 2.30. The van der Waals surface area contributed by atoms with E-state index in [4.69, 9.17) is 0 Å². The summed E-state index contributed by atoms with van der Waals surface area (Å²) in [4.78, 5) is 3.45. The average molecular weight is 296 g/mol. The molecule has 1 aromatic heterocycles. The van der Waals surface area contributed by atoms with E-state index in [0.717, 1.165) is 29.7 Å². The molecule has 3 rings (SSSR count). The lowest BCUT2D eigenvalue weighted by atomic mass is 10.0. The van der Waals surface area contributed by atoms with Crippen LogP contribution in [0, 0.1) is 5.82 Å². The van der Waals surface area contributed by atoms with Gasteiger partial charge in [-0.1, -0.05) is 44.2 Å². The minimum absolute atomic E-state index is 0.206. The first-order valence-corrected chi connectivity index (χ1v) is 7.74. The van der Waals surface area contributed by atoms with Gasteiger partial charge in [0.25, 0.3) is 0 Å². The fourth-order valence-electron chi connectivity index (χ4n) is 2.84. The van der Waals surface area contributed by atoms with Crippen LogP contribution < -0.4 is 5.32 Å². The molecule has 0 aliphatic rings. The SMILES string of the molecule is CC(C)NCCc1c(-c2cccc(F)c2)[nH]c2ccccc12. The highest BCUT2D eigenvalue weighted by Gasteiger charge is 2.13. The molecule has 2 nitrogen and oxygen atoms in total. The number of fused-ring (bicyclic) bond motifs is 1. The largest absolute Gasteiger partial charge is 0.354 e. The molecule has 1 heterocycles. The molecule has 0 spiro atoms. The van der Waals surface area contributed by atoms with Crippen LogP contribution in [0.5, 0.6) is 0 Å². The lowest BCUT2D eigenvalue weighted by Gasteiger charge is -2.09. The number of benzene rings is 2. The highest BCUT2D eigenvalue weighted by atomic mass is 19.1. The zero-order valence-electron chi connectivity index (χ0n) is 13.0. The van der Waals surface area contributed by atoms with Gasteiger partial charge in [0.2, 0.25) is 0 Å². The third-order valence-corrected chi connectivity index (χ3v) is 3.85. The standard InChI is InChI=1S/C19H21FN2/c1-13(2)21-11-10-17-16-8-3-4-9-18(16)22-19(17)14-6-5-7-15(20)12-14/h3-9,12-13,21-22H,10-11H2,1-2H3. The van der Waals surface area contributed by atoms with E-state index < -0.39 is 0 Å². The van der Waals surface area contributed by atoms with Crippen LogP contribution in [-0.2, 0) is 6.42 Å². The molecule has 2 N–H and O–H groups in total. The summed E-state index contributed by atoms with van der Waals surface area (Å²) in [5.74, 6) is -0.206. The molecule has 0 atom stereocenters. The summed E-state index contributed by atoms with van der Waals surface area (Å²) >= 11 is 0. The molecule has 0 aliphatic heterocycles. The van der Waals surface area contributed by atoms with E-state index in [1.807, 2.05) is 18.2 Å². The quantitative estimate of drug-likeness (QED) is 0.712. The number of halogens is 1. The molecule has 22 heavy (non-hydrogen) atoms. The summed E-state index contributed by atoms with van der Waals surface area (Å²) in [5, 5.41) is 4.67. The summed E-state index contributed by atoms with van der Waals surface area (Å²) in [6.07, 6.45) is 0.911. The second kappa shape index (κ2) is 6.32. The molecule has 0 radical (unpaired) electrons. The van der Waals surface area contributed by atoms with Gasteiger partial charge in [-0.05, 0) is 36.7 Å². The minimum atomic E-state index is -0.206. The van der Waals surface area contributed by atoms with Gasteiger partial charge in [-0.25, -0.2) is 4.39 Å². The van der Waals surface area contributed by atoms with Gasteiger partial charge in [0, 0.05) is 28.2 Å². The first kappa shape index (κ1) is 14.8. The van der Waals surface area contributed by atoms with Crippen molar-refractivity contribution >= 4 is 10.9 Å². The Morgan fingerprint density at radius 2 is 1.91 bits per heavy atom. The van der Waals surface area contributed by atoms with Crippen molar-refractivity contribution in [2.75, 3.05) is 6.54 Å². The van der Waals surface area contributed by atoms with Gasteiger partial charge in [0.15, 0.2) is 0 Å². The van der Waals surface area contributed by atoms with Gasteiger partial charge in [-0.15, -0.1) is 0 Å². The van der Waals surface area contributed by atoms with Crippen molar-refractivity contribution in [1.29, 1.82) is 0 Å². The third-order valence-electron chi connectivity index (χ3n) is 3.85. The van der Waals surface area contributed by atoms with Crippen molar-refractivity contribution in [3.8, 4) is 11.3 Å². The van der Waals surface area contributed by atoms with Crippen LogP contribution in [-0.4, -0.2) is 17.6 Å². The molecule has 0 aliphatic carbocycles. The van der Waals surface area contributed by atoms with E-state index in [0.29, 0.717) is 6.04 Å². The molecule has 3 aromatic rings. The van der Waals surface area contributed by atoms with E-state index in [1.54, 1.807) is 12.1 Å². The van der Waals surface area contributed by atoms with Gasteiger partial charge in [-0.2, -0.15) is 0 Å². The predicted octanol–water partition coefficient (Wildman–Crippen LogP) is 4.51. The Kier molecular flexibility index (Phi) is 4.25. The van der Waals surface area contributed by atoms with Crippen molar-refractivity contribution in [2.45, 2.75) is 26.3 Å². The number of aromatic amines is 1. The Balaban J connectivity index is 2.04. The smallest absolute Gasteiger partial charge is 0.123 e. The van der Waals surface area contributed by atoms with E-state index >= 15 is 0 Å². The van der Waals surface area contributed by atoms with Crippen LogP contribution in [0.25, 0.3) is 22.2 Å². The number of hydrogen-bond acceptors (Lipinski definition) is 1. The Bertz CT molecular complexity index is 774. The molecule has 0 saturated heterocycles. The Morgan fingerprint density at radius 3 is 2.68 bits per heavy atom. The molecule has 114 valence electrons. The van der Waals surface area contributed by atoms with Gasteiger partial charge in [0.1, 0.15) is 5.82 Å². The normalized spacial score (nSPS) is 11.5. The summed E-state index contributed by atoms with van der Waals surface area (Å²) in [5.41, 5.74) is 4.26. The maximum Gasteiger partial charge on any atom is 0.123 e. The lowest BCUT2D eigenvalue weighted by molar-refractivity contribution is 0.591. The molecule has 0 bridgehead atoms. The average Bonchev–Trinajstić information content (AvgIpc) is 2.86. The van der Waals surface area contributed by atoms with E-state index in [1.165, 1.54) is 17.0 Å². The summed E-state index contributed by atoms with van der Waals surface area (Å²) in [7, 11) is 0. The molecule has 3 heteroatoms. The molecule has 0 saturated carbocycles. The van der Waals surface area contributed by atoms with Crippen LogP contribution in [0.4, 0.5) is 4.39 Å². The number of H-pyrrole nitrogens is 1. The summed E-state index contributed by atoms with van der Waals surface area (Å²) < 4.78 is 13.6. The molecule has 0 amide bonds. The zero-order chi connectivity index (χ0) is 15.5. The van der Waals surface area contributed by atoms with Crippen molar-refractivity contribution in [3.05, 3.63) is 59.9 Å². The maximum absolute atomic E-state index is 13.6. The topological polar surface area (TPSA) is 27.8 Å². The van der Waals surface area contributed by atoms with Crippen molar-refractivity contribution in [1.82, 2.24) is 10.3 Å². The number of hydrogen-bond donors (Lipinski definition) is 2. The summed E-state index contributed by atoms with van der Waals surface area (Å²) in [6, 6.07) is 15.5. The minimum Gasteiger partial charge on any atom is -0.354 e. The van der Waals surface area contributed by atoms with E-state index in [2.05, 4.69) is 36.3 Å². The molecule has 2 aromatic carbocycles. The second-order valence-electron chi connectivity index (χ2n) is 5.89. The first-order chi connectivity index (χ1) is 10.6. The van der Waals surface area contributed by atoms with Gasteiger partial charge in [0.05, 0.1) is 0 Å². The Hall–Kier alpha value is -2.13. The second-order valence-corrected chi connectivity index (χ2v) is 5.89. The van der Waals surface area contributed by atoms with Crippen LogP contribution in [0.2, 0.25) is 0 Å². The summed E-state index contributed by atoms with van der Waals surface area (Å²) in [6.45, 7) is 5.19. The maximum atomic E-state index is 13.6. The van der Waals surface area contributed by atoms with E-state index in [9.17, 15) is 4.39 Å². The van der Waals surface area contributed by atoms with Crippen LogP contribution in [0.3, 0.4) is 0 Å². The van der Waals surface area contributed by atoms with Gasteiger partial charge in [-0.3, -0.25) is 0 Å². The molecular formula is C19H21FN2. The number of nitrogens with one attached hydrogen (secondary N) is 2. The van der Waals surface area contributed by atoms with Crippen LogP contribution in [0.15, 0.2) is 48.5 Å².